The molecule has 96 valence electrons. The van der Waals surface area contributed by atoms with E-state index in [1.54, 1.807) is 4.68 Å². The van der Waals surface area contributed by atoms with Gasteiger partial charge in [0, 0.05) is 17.1 Å². The van der Waals surface area contributed by atoms with Gasteiger partial charge in [-0.3, -0.25) is 0 Å². The molecule has 0 spiro atoms. The van der Waals surface area contributed by atoms with Crippen LogP contribution in [-0.2, 0) is 6.54 Å². The average Bonchev–Trinajstić information content (AvgIpc) is 2.79. The van der Waals surface area contributed by atoms with Crippen LogP contribution in [-0.4, -0.2) is 21.0 Å². The van der Waals surface area contributed by atoms with Crippen molar-refractivity contribution in [1.29, 1.82) is 0 Å². The summed E-state index contributed by atoms with van der Waals surface area (Å²) in [6.45, 7) is 4.90. The molecule has 6 heteroatoms. The van der Waals surface area contributed by atoms with Crippen molar-refractivity contribution in [1.82, 2.24) is 20.3 Å². The van der Waals surface area contributed by atoms with Crippen LogP contribution in [0.2, 0.25) is 5.02 Å². The molecule has 0 atom stereocenters. The van der Waals surface area contributed by atoms with Gasteiger partial charge in [0.05, 0.1) is 22.6 Å². The summed E-state index contributed by atoms with van der Waals surface area (Å²) in [6, 6.07) is 6.10. The van der Waals surface area contributed by atoms with Gasteiger partial charge >= 0.3 is 0 Å². The molecule has 1 heterocycles. The van der Waals surface area contributed by atoms with Crippen molar-refractivity contribution in [2.75, 3.05) is 0 Å². The van der Waals surface area contributed by atoms with Crippen molar-refractivity contribution >= 4 is 27.5 Å². The summed E-state index contributed by atoms with van der Waals surface area (Å²) < 4.78 is 2.59. The van der Waals surface area contributed by atoms with E-state index >= 15 is 0 Å². The van der Waals surface area contributed by atoms with Gasteiger partial charge in [-0.2, -0.15) is 0 Å². The summed E-state index contributed by atoms with van der Waals surface area (Å²) in [5.41, 5.74) is 1.80. The molecule has 0 saturated carbocycles. The molecule has 0 aliphatic rings. The van der Waals surface area contributed by atoms with Crippen LogP contribution < -0.4 is 5.32 Å². The predicted octanol–water partition coefficient (Wildman–Crippen LogP) is 3.18. The van der Waals surface area contributed by atoms with Crippen molar-refractivity contribution in [2.45, 2.75) is 26.4 Å². The summed E-state index contributed by atoms with van der Waals surface area (Å²) in [4.78, 5) is 0. The molecule has 0 fully saturated rings. The Morgan fingerprint density at radius 1 is 1.44 bits per heavy atom. The maximum Gasteiger partial charge on any atom is 0.0969 e. The summed E-state index contributed by atoms with van der Waals surface area (Å²) in [6.07, 6.45) is 1.90. The summed E-state index contributed by atoms with van der Waals surface area (Å²) in [5.74, 6) is 0. The Bertz CT molecular complexity index is 539. The van der Waals surface area contributed by atoms with Crippen LogP contribution in [0.5, 0.6) is 0 Å². The van der Waals surface area contributed by atoms with E-state index in [0.717, 1.165) is 15.9 Å². The largest absolute Gasteiger partial charge is 0.309 e. The lowest BCUT2D eigenvalue weighted by Gasteiger charge is -2.04. The molecule has 18 heavy (non-hydrogen) atoms. The fourth-order valence-electron chi connectivity index (χ4n) is 1.44. The summed E-state index contributed by atoms with van der Waals surface area (Å²) in [5, 5.41) is 12.2. The number of hydrogen-bond donors (Lipinski definition) is 1. The molecule has 0 aliphatic carbocycles. The number of aromatic nitrogens is 3. The predicted molar refractivity (Wildman–Crippen MR) is 76.0 cm³/mol. The standard InChI is InChI=1S/C12H14BrClN4/c1-8(2)15-6-9-7-18(17-16-9)10-3-4-11(13)12(14)5-10/h3-5,7-8,15H,6H2,1-2H3. The third-order valence-electron chi connectivity index (χ3n) is 2.40. The van der Waals surface area contributed by atoms with Crippen LogP contribution >= 0.6 is 27.5 Å². The number of hydrogen-bond acceptors (Lipinski definition) is 3. The summed E-state index contributed by atoms with van der Waals surface area (Å²) >= 11 is 9.41. The maximum atomic E-state index is 6.05. The smallest absolute Gasteiger partial charge is 0.0969 e. The van der Waals surface area contributed by atoms with Gasteiger partial charge in [-0.25, -0.2) is 4.68 Å². The average molecular weight is 330 g/mol. The van der Waals surface area contributed by atoms with Crippen LogP contribution in [0.25, 0.3) is 5.69 Å². The third-order valence-corrected chi connectivity index (χ3v) is 3.63. The Balaban J connectivity index is 2.16. The van der Waals surface area contributed by atoms with Crippen LogP contribution in [0, 0.1) is 0 Å². The number of rotatable bonds is 4. The molecule has 1 aromatic heterocycles. The van der Waals surface area contributed by atoms with Gasteiger partial charge in [-0.1, -0.05) is 30.7 Å². The lowest BCUT2D eigenvalue weighted by molar-refractivity contribution is 0.580. The quantitative estimate of drug-likeness (QED) is 0.937. The van der Waals surface area contributed by atoms with Crippen molar-refractivity contribution in [3.05, 3.63) is 39.6 Å². The van der Waals surface area contributed by atoms with Crippen molar-refractivity contribution in [2.24, 2.45) is 0 Å². The fourth-order valence-corrected chi connectivity index (χ4v) is 1.86. The third kappa shape index (κ3) is 3.31. The minimum atomic E-state index is 0.428. The Kier molecular flexibility index (Phi) is 4.37. The van der Waals surface area contributed by atoms with Crippen molar-refractivity contribution < 1.29 is 0 Å². The highest BCUT2D eigenvalue weighted by Crippen LogP contribution is 2.24. The highest BCUT2D eigenvalue weighted by molar-refractivity contribution is 9.10. The molecular formula is C12H14BrClN4. The van der Waals surface area contributed by atoms with Gasteiger partial charge in [-0.05, 0) is 34.1 Å². The van der Waals surface area contributed by atoms with E-state index in [9.17, 15) is 0 Å². The van der Waals surface area contributed by atoms with Crippen molar-refractivity contribution in [3.63, 3.8) is 0 Å². The first-order valence-electron chi connectivity index (χ1n) is 5.66. The number of nitrogens with one attached hydrogen (secondary N) is 1. The van der Waals surface area contributed by atoms with Gasteiger partial charge in [0.2, 0.25) is 0 Å². The first-order chi connectivity index (χ1) is 8.56. The van der Waals surface area contributed by atoms with Crippen LogP contribution in [0.1, 0.15) is 19.5 Å². The van der Waals surface area contributed by atoms with Crippen molar-refractivity contribution in [3.8, 4) is 5.69 Å². The highest BCUT2D eigenvalue weighted by atomic mass is 79.9. The maximum absolute atomic E-state index is 6.05. The van der Waals surface area contributed by atoms with E-state index < -0.39 is 0 Å². The topological polar surface area (TPSA) is 42.7 Å². The number of benzene rings is 1. The Morgan fingerprint density at radius 3 is 2.89 bits per heavy atom. The molecule has 4 nitrogen and oxygen atoms in total. The van der Waals surface area contributed by atoms with Crippen LogP contribution in [0.15, 0.2) is 28.9 Å². The highest BCUT2D eigenvalue weighted by Gasteiger charge is 2.05. The zero-order valence-corrected chi connectivity index (χ0v) is 12.5. The molecule has 0 amide bonds. The molecule has 1 aromatic carbocycles. The van der Waals surface area contributed by atoms with E-state index in [1.165, 1.54) is 0 Å². The second-order valence-corrected chi connectivity index (χ2v) is 5.55. The zero-order chi connectivity index (χ0) is 13.1. The van der Waals surface area contributed by atoms with Gasteiger partial charge in [0.25, 0.3) is 0 Å². The van der Waals surface area contributed by atoms with Crippen LogP contribution in [0.4, 0.5) is 0 Å². The Hall–Kier alpha value is -0.910. The minimum absolute atomic E-state index is 0.428. The van der Waals surface area contributed by atoms with E-state index in [1.807, 2.05) is 24.4 Å². The normalized spacial score (nSPS) is 11.2. The van der Waals surface area contributed by atoms with E-state index in [0.29, 0.717) is 17.6 Å². The molecule has 2 rings (SSSR count). The molecule has 0 saturated heterocycles. The first kappa shape index (κ1) is 13.5. The molecule has 0 bridgehead atoms. The van der Waals surface area contributed by atoms with E-state index in [4.69, 9.17) is 11.6 Å². The monoisotopic (exact) mass is 328 g/mol. The SMILES string of the molecule is CC(C)NCc1cn(-c2ccc(Br)c(Cl)c2)nn1. The lowest BCUT2D eigenvalue weighted by Crippen LogP contribution is -2.21. The molecular weight excluding hydrogens is 316 g/mol. The molecule has 1 N–H and O–H groups in total. The van der Waals surface area contributed by atoms with Gasteiger partial charge in [0.1, 0.15) is 0 Å². The first-order valence-corrected chi connectivity index (χ1v) is 6.83. The molecule has 0 radical (unpaired) electrons. The van der Waals surface area contributed by atoms with E-state index in [-0.39, 0.29) is 0 Å². The number of halogens is 2. The van der Waals surface area contributed by atoms with Gasteiger partial charge < -0.3 is 5.32 Å². The van der Waals surface area contributed by atoms with Gasteiger partial charge in [-0.15, -0.1) is 5.10 Å². The van der Waals surface area contributed by atoms with Gasteiger partial charge in [0.15, 0.2) is 0 Å². The second-order valence-electron chi connectivity index (χ2n) is 4.29. The molecule has 2 aromatic rings. The zero-order valence-electron chi connectivity index (χ0n) is 10.2. The molecule has 0 aliphatic heterocycles. The molecule has 0 unspecified atom stereocenters. The van der Waals surface area contributed by atoms with E-state index in [2.05, 4.69) is 45.4 Å². The fraction of sp³-hybridized carbons (Fsp3) is 0.333. The van der Waals surface area contributed by atoms with Crippen LogP contribution in [0.3, 0.4) is 0 Å². The second kappa shape index (κ2) is 5.82. The lowest BCUT2D eigenvalue weighted by atomic mass is 10.3. The Morgan fingerprint density at radius 2 is 2.22 bits per heavy atom. The minimum Gasteiger partial charge on any atom is -0.309 e. The Labute approximate surface area is 119 Å². The summed E-state index contributed by atoms with van der Waals surface area (Å²) in [7, 11) is 0. The number of nitrogens with zero attached hydrogens (tertiary/aromatic N) is 3.